The van der Waals surface area contributed by atoms with Crippen LogP contribution in [-0.2, 0) is 4.79 Å². The van der Waals surface area contributed by atoms with Crippen LogP contribution < -0.4 is 4.74 Å². The molecule has 4 heterocycles. The number of carbonyl (C=O) groups excluding carboxylic acids is 1. The van der Waals surface area contributed by atoms with E-state index in [0.29, 0.717) is 19.0 Å². The molecule has 6 nitrogen and oxygen atoms in total. The first-order chi connectivity index (χ1) is 15.2. The van der Waals surface area contributed by atoms with E-state index in [1.165, 1.54) is 4.88 Å². The van der Waals surface area contributed by atoms with Crippen LogP contribution in [0.3, 0.4) is 0 Å². The minimum absolute atomic E-state index is 0.00775. The van der Waals surface area contributed by atoms with E-state index in [1.54, 1.807) is 29.7 Å². The van der Waals surface area contributed by atoms with Crippen molar-refractivity contribution in [3.8, 4) is 5.75 Å². The van der Waals surface area contributed by atoms with E-state index in [2.05, 4.69) is 22.4 Å². The molecule has 2 atom stereocenters. The Bertz CT molecular complexity index is 1040. The molecular weight excluding hydrogens is 410 g/mol. The van der Waals surface area contributed by atoms with Gasteiger partial charge in [0.1, 0.15) is 17.6 Å². The molecule has 0 bridgehead atoms. The number of hydrogen-bond acceptors (Lipinski definition) is 6. The van der Waals surface area contributed by atoms with Gasteiger partial charge in [0.15, 0.2) is 0 Å². The van der Waals surface area contributed by atoms with E-state index in [-0.39, 0.29) is 11.9 Å². The molecule has 3 aromatic rings. The van der Waals surface area contributed by atoms with Crippen LogP contribution in [0, 0.1) is 0 Å². The normalized spacial score (nSPS) is 21.5. The van der Waals surface area contributed by atoms with Crippen LogP contribution in [0.4, 0.5) is 0 Å². The van der Waals surface area contributed by atoms with Crippen LogP contribution in [0.25, 0.3) is 0 Å². The number of thiophene rings is 1. The van der Waals surface area contributed by atoms with Crippen LogP contribution in [-0.4, -0.2) is 41.7 Å². The summed E-state index contributed by atoms with van der Waals surface area (Å²) < 4.78 is 10.9. The Kier molecular flexibility index (Phi) is 5.61. The molecule has 7 heteroatoms. The van der Waals surface area contributed by atoms with Crippen molar-refractivity contribution in [1.82, 2.24) is 9.91 Å². The first-order valence-electron chi connectivity index (χ1n) is 10.6. The number of hydrazone groups is 1. The lowest BCUT2D eigenvalue weighted by atomic mass is 10.0. The third-order valence-electron chi connectivity index (χ3n) is 6.03. The van der Waals surface area contributed by atoms with Gasteiger partial charge in [-0.3, -0.25) is 9.69 Å². The lowest BCUT2D eigenvalue weighted by Gasteiger charge is -2.26. The van der Waals surface area contributed by atoms with Crippen LogP contribution in [0.5, 0.6) is 5.75 Å². The van der Waals surface area contributed by atoms with Crippen molar-refractivity contribution in [3.05, 3.63) is 76.4 Å². The zero-order valence-electron chi connectivity index (χ0n) is 17.4. The molecular formula is C24H25N3O3S. The maximum absolute atomic E-state index is 13.4. The molecule has 2 aromatic heterocycles. The second-order valence-electron chi connectivity index (χ2n) is 7.89. The molecule has 0 aliphatic carbocycles. The van der Waals surface area contributed by atoms with Crippen LogP contribution in [0.1, 0.15) is 47.5 Å². The summed E-state index contributed by atoms with van der Waals surface area (Å²) in [6.45, 7) is 1.29. The molecule has 2 aliphatic heterocycles. The molecule has 0 radical (unpaired) electrons. The highest BCUT2D eigenvalue weighted by Gasteiger charge is 2.37. The molecule has 1 aromatic carbocycles. The molecule has 0 N–H and O–H groups in total. The van der Waals surface area contributed by atoms with Crippen LogP contribution in [0.2, 0.25) is 0 Å². The maximum atomic E-state index is 13.4. The van der Waals surface area contributed by atoms with Gasteiger partial charge in [0, 0.05) is 17.3 Å². The number of amides is 1. The Morgan fingerprint density at radius 2 is 2.06 bits per heavy atom. The summed E-state index contributed by atoms with van der Waals surface area (Å²) in [5, 5.41) is 8.49. The standard InChI is InChI=1S/C24H25N3O3S/c1-29-18-10-8-17(9-11-18)19-15-21(22-6-3-13-30-22)27(25-19)24(28)16-26-12-2-5-20(26)23-7-4-14-31-23/h3-4,6-11,13-14,20-21H,2,5,12,15-16H2,1H3/t20-,21+/m1/s1. The summed E-state index contributed by atoms with van der Waals surface area (Å²) >= 11 is 1.76. The van der Waals surface area contributed by atoms with Gasteiger partial charge in [-0.2, -0.15) is 5.10 Å². The van der Waals surface area contributed by atoms with E-state index in [1.807, 2.05) is 36.4 Å². The first-order valence-corrected chi connectivity index (χ1v) is 11.5. The number of rotatable bonds is 6. The van der Waals surface area contributed by atoms with E-state index in [4.69, 9.17) is 14.3 Å². The molecule has 31 heavy (non-hydrogen) atoms. The highest BCUT2D eigenvalue weighted by atomic mass is 32.1. The SMILES string of the molecule is COc1ccc(C2=NN(C(=O)CN3CCC[C@@H]3c3cccs3)[C@H](c3ccco3)C2)cc1. The predicted molar refractivity (Wildman–Crippen MR) is 120 cm³/mol. The van der Waals surface area contributed by atoms with Crippen LogP contribution >= 0.6 is 11.3 Å². The van der Waals surface area contributed by atoms with Gasteiger partial charge < -0.3 is 9.15 Å². The predicted octanol–water partition coefficient (Wildman–Crippen LogP) is 4.86. The summed E-state index contributed by atoms with van der Waals surface area (Å²) in [6.07, 6.45) is 4.48. The maximum Gasteiger partial charge on any atom is 0.257 e. The van der Waals surface area contributed by atoms with Crippen molar-refractivity contribution in [2.24, 2.45) is 5.10 Å². The molecule has 1 amide bonds. The Morgan fingerprint density at radius 1 is 1.19 bits per heavy atom. The number of ether oxygens (including phenoxy) is 1. The summed E-state index contributed by atoms with van der Waals surface area (Å²) in [6, 6.07) is 15.9. The molecule has 1 saturated heterocycles. The summed E-state index contributed by atoms with van der Waals surface area (Å²) in [4.78, 5) is 17.0. The van der Waals surface area contributed by atoms with E-state index in [0.717, 1.165) is 42.2 Å². The van der Waals surface area contributed by atoms with Gasteiger partial charge in [0.2, 0.25) is 0 Å². The number of nitrogens with zero attached hydrogens (tertiary/aromatic N) is 3. The number of hydrogen-bond donors (Lipinski definition) is 0. The van der Waals surface area contributed by atoms with Crippen molar-refractivity contribution in [2.75, 3.05) is 20.2 Å². The van der Waals surface area contributed by atoms with Gasteiger partial charge in [-0.25, -0.2) is 5.01 Å². The average Bonchev–Trinajstić information content (AvgIpc) is 3.59. The summed E-state index contributed by atoms with van der Waals surface area (Å²) in [5.41, 5.74) is 1.87. The second kappa shape index (κ2) is 8.69. The lowest BCUT2D eigenvalue weighted by Crippen LogP contribution is -2.37. The van der Waals surface area contributed by atoms with Crippen LogP contribution in [0.15, 0.2) is 69.7 Å². The smallest absolute Gasteiger partial charge is 0.257 e. The first kappa shape index (κ1) is 20.0. The molecule has 1 fully saturated rings. The Hall–Kier alpha value is -2.90. The van der Waals surface area contributed by atoms with Gasteiger partial charge in [-0.15, -0.1) is 11.3 Å². The minimum Gasteiger partial charge on any atom is -0.497 e. The fourth-order valence-corrected chi connectivity index (χ4v) is 5.36. The zero-order valence-corrected chi connectivity index (χ0v) is 18.3. The highest BCUT2D eigenvalue weighted by molar-refractivity contribution is 7.10. The van der Waals surface area contributed by atoms with Gasteiger partial charge in [-0.1, -0.05) is 6.07 Å². The lowest BCUT2D eigenvalue weighted by molar-refractivity contribution is -0.134. The third-order valence-corrected chi connectivity index (χ3v) is 7.01. The Morgan fingerprint density at radius 3 is 2.77 bits per heavy atom. The minimum atomic E-state index is -0.220. The van der Waals surface area contributed by atoms with Gasteiger partial charge in [0.25, 0.3) is 5.91 Å². The van der Waals surface area contributed by atoms with Gasteiger partial charge in [0.05, 0.1) is 25.6 Å². The zero-order chi connectivity index (χ0) is 21.2. The number of furan rings is 1. The van der Waals surface area contributed by atoms with Crippen molar-refractivity contribution < 1.29 is 13.9 Å². The monoisotopic (exact) mass is 435 g/mol. The van der Waals surface area contributed by atoms with E-state index < -0.39 is 0 Å². The Balaban J connectivity index is 1.38. The van der Waals surface area contributed by atoms with Crippen molar-refractivity contribution >= 4 is 23.0 Å². The van der Waals surface area contributed by atoms with E-state index >= 15 is 0 Å². The van der Waals surface area contributed by atoms with E-state index in [9.17, 15) is 4.79 Å². The molecule has 5 rings (SSSR count). The largest absolute Gasteiger partial charge is 0.497 e. The Labute approximate surface area is 185 Å². The number of benzene rings is 1. The van der Waals surface area contributed by atoms with Crippen molar-refractivity contribution in [3.63, 3.8) is 0 Å². The average molecular weight is 436 g/mol. The van der Waals surface area contributed by atoms with Gasteiger partial charge >= 0.3 is 0 Å². The molecule has 0 saturated carbocycles. The fraction of sp³-hybridized carbons (Fsp3) is 0.333. The molecule has 2 aliphatic rings. The summed E-state index contributed by atoms with van der Waals surface area (Å²) in [7, 11) is 1.65. The molecule has 160 valence electrons. The van der Waals surface area contributed by atoms with Crippen molar-refractivity contribution in [1.29, 1.82) is 0 Å². The topological polar surface area (TPSA) is 58.3 Å². The van der Waals surface area contributed by atoms with Crippen molar-refractivity contribution in [2.45, 2.75) is 31.3 Å². The quantitative estimate of drug-likeness (QED) is 0.555. The molecule has 0 spiro atoms. The second-order valence-corrected chi connectivity index (χ2v) is 8.87. The third kappa shape index (κ3) is 4.03. The number of methoxy groups -OCH3 is 1. The number of carbonyl (C=O) groups is 1. The number of likely N-dealkylation sites (tertiary alicyclic amines) is 1. The highest BCUT2D eigenvalue weighted by Crippen LogP contribution is 2.36. The fourth-order valence-electron chi connectivity index (χ4n) is 4.47. The molecule has 0 unspecified atom stereocenters. The summed E-state index contributed by atoms with van der Waals surface area (Å²) in [5.74, 6) is 1.57. The van der Waals surface area contributed by atoms with Gasteiger partial charge in [-0.05, 0) is 72.8 Å².